The van der Waals surface area contributed by atoms with Crippen LogP contribution in [0.25, 0.3) is 16.6 Å². The van der Waals surface area contributed by atoms with Gasteiger partial charge in [-0.05, 0) is 62.8 Å². The molecule has 3 aromatic rings. The van der Waals surface area contributed by atoms with E-state index in [2.05, 4.69) is 25.7 Å². The highest BCUT2D eigenvalue weighted by Gasteiger charge is 2.62. The molecule has 3 aliphatic rings. The van der Waals surface area contributed by atoms with Crippen molar-refractivity contribution in [3.8, 4) is 11.4 Å². The second-order valence-corrected chi connectivity index (χ2v) is 13.0. The number of rotatable bonds is 6. The molecule has 2 saturated carbocycles. The van der Waals surface area contributed by atoms with Gasteiger partial charge in [0.05, 0.1) is 17.5 Å². The topological polar surface area (TPSA) is 64.0 Å². The Balaban J connectivity index is 1.46. The Bertz CT molecular complexity index is 1660. The standard InChI is InChI=1S/C33H38F3N3O4/c1-6-42-31(41)22-18-39(28-21(30(22)40)17-24(35)29(27(28)36)38-13-11-37(5)12-14-38)20-7-8-25(23(34)16-20)43-26-15-19-9-10-33(26,4)32(19,2)3/h7-8,16-19,26H,6,9-15H2,1-5H3/t19-,26-,33-/m1/s1. The van der Waals surface area contributed by atoms with Gasteiger partial charge >= 0.3 is 5.97 Å². The van der Waals surface area contributed by atoms with Crippen LogP contribution in [0.4, 0.5) is 18.9 Å². The van der Waals surface area contributed by atoms with E-state index in [1.54, 1.807) is 17.9 Å². The molecule has 0 N–H and O–H groups in total. The van der Waals surface area contributed by atoms with Crippen LogP contribution in [0.1, 0.15) is 57.3 Å². The zero-order valence-electron chi connectivity index (χ0n) is 25.3. The fraction of sp³-hybridized carbons (Fsp3) is 0.515. The van der Waals surface area contributed by atoms with Crippen LogP contribution in [-0.4, -0.2) is 61.4 Å². The number of likely N-dealkylation sites (N-methyl/N-ethyl adjacent to an activating group) is 1. The van der Waals surface area contributed by atoms with E-state index >= 15 is 13.2 Å². The maximum absolute atomic E-state index is 16.4. The second-order valence-electron chi connectivity index (χ2n) is 13.0. The highest BCUT2D eigenvalue weighted by atomic mass is 19.1. The molecule has 3 fully saturated rings. The van der Waals surface area contributed by atoms with Gasteiger partial charge in [-0.1, -0.05) is 20.8 Å². The summed E-state index contributed by atoms with van der Waals surface area (Å²) < 4.78 is 60.1. The number of hydrogen-bond acceptors (Lipinski definition) is 6. The van der Waals surface area contributed by atoms with E-state index < -0.39 is 34.4 Å². The van der Waals surface area contributed by atoms with Crippen LogP contribution in [0.2, 0.25) is 0 Å². The number of hydrogen-bond donors (Lipinski definition) is 0. The Morgan fingerprint density at radius 2 is 1.77 bits per heavy atom. The van der Waals surface area contributed by atoms with Crippen molar-refractivity contribution in [2.24, 2.45) is 16.7 Å². The zero-order chi connectivity index (χ0) is 30.8. The Morgan fingerprint density at radius 3 is 2.37 bits per heavy atom. The van der Waals surface area contributed by atoms with Gasteiger partial charge in [0.1, 0.15) is 23.2 Å². The fourth-order valence-electron chi connectivity index (χ4n) is 7.48. The Kier molecular flexibility index (Phi) is 7.26. The lowest BCUT2D eigenvalue weighted by atomic mass is 9.70. The number of anilines is 1. The third-order valence-corrected chi connectivity index (χ3v) is 10.6. The zero-order valence-corrected chi connectivity index (χ0v) is 25.3. The molecule has 0 unspecified atom stereocenters. The summed E-state index contributed by atoms with van der Waals surface area (Å²) in [6.45, 7) is 10.3. The van der Waals surface area contributed by atoms with E-state index in [-0.39, 0.29) is 51.6 Å². The van der Waals surface area contributed by atoms with E-state index in [9.17, 15) is 9.59 Å². The van der Waals surface area contributed by atoms with Gasteiger partial charge in [-0.2, -0.15) is 0 Å². The minimum absolute atomic E-state index is 0.000208. The van der Waals surface area contributed by atoms with Gasteiger partial charge in [0, 0.05) is 49.5 Å². The molecule has 0 spiro atoms. The minimum Gasteiger partial charge on any atom is -0.487 e. The lowest BCUT2D eigenvalue weighted by Gasteiger charge is -2.38. The Hall–Kier alpha value is -3.53. The number of aromatic nitrogens is 1. The maximum Gasteiger partial charge on any atom is 0.343 e. The normalized spacial score (nSPS) is 25.0. The van der Waals surface area contributed by atoms with E-state index in [1.165, 1.54) is 16.7 Å². The Morgan fingerprint density at radius 1 is 1.05 bits per heavy atom. The smallest absolute Gasteiger partial charge is 0.343 e. The van der Waals surface area contributed by atoms with Crippen molar-refractivity contribution in [2.75, 3.05) is 44.7 Å². The number of esters is 1. The molecule has 1 aromatic heterocycles. The van der Waals surface area contributed by atoms with Gasteiger partial charge in [0.15, 0.2) is 17.4 Å². The minimum atomic E-state index is -0.954. The van der Waals surface area contributed by atoms with Gasteiger partial charge in [-0.3, -0.25) is 4.79 Å². The van der Waals surface area contributed by atoms with Gasteiger partial charge in [-0.15, -0.1) is 0 Å². The van der Waals surface area contributed by atoms with Crippen LogP contribution in [0.3, 0.4) is 0 Å². The molecule has 2 aliphatic carbocycles. The maximum atomic E-state index is 16.4. The molecular formula is C33H38F3N3O4. The van der Waals surface area contributed by atoms with Crippen molar-refractivity contribution in [3.05, 3.63) is 63.7 Å². The summed E-state index contributed by atoms with van der Waals surface area (Å²) in [5.41, 5.74) is -1.62. The van der Waals surface area contributed by atoms with Crippen LogP contribution in [-0.2, 0) is 4.74 Å². The van der Waals surface area contributed by atoms with Crippen molar-refractivity contribution in [1.29, 1.82) is 0 Å². The molecule has 230 valence electrons. The quantitative estimate of drug-likeness (QED) is 0.329. The van der Waals surface area contributed by atoms with E-state index in [0.717, 1.165) is 31.5 Å². The number of piperazine rings is 1. The molecule has 2 heterocycles. The lowest BCUT2D eigenvalue weighted by molar-refractivity contribution is 0.0278. The molecule has 10 heteroatoms. The van der Waals surface area contributed by atoms with Gasteiger partial charge < -0.3 is 23.8 Å². The van der Waals surface area contributed by atoms with Crippen molar-refractivity contribution in [2.45, 2.75) is 53.1 Å². The largest absolute Gasteiger partial charge is 0.487 e. The molecule has 2 aromatic carbocycles. The number of carbonyl (C=O) groups is 1. The fourth-order valence-corrected chi connectivity index (χ4v) is 7.48. The van der Waals surface area contributed by atoms with Crippen LogP contribution >= 0.6 is 0 Å². The summed E-state index contributed by atoms with van der Waals surface area (Å²) in [7, 11) is 1.93. The number of nitrogens with zero attached hydrogens (tertiary/aromatic N) is 3. The van der Waals surface area contributed by atoms with Crippen LogP contribution in [0, 0.1) is 34.2 Å². The molecule has 1 aliphatic heterocycles. The first-order chi connectivity index (χ1) is 20.4. The molecule has 0 radical (unpaired) electrons. The summed E-state index contributed by atoms with van der Waals surface area (Å²) in [4.78, 5) is 29.8. The molecule has 1 saturated heterocycles. The monoisotopic (exact) mass is 597 g/mol. The van der Waals surface area contributed by atoms with Gasteiger partial charge in [0.25, 0.3) is 0 Å². The number of ether oxygens (including phenoxy) is 2. The number of carbonyl (C=O) groups excluding carboxylic acids is 1. The summed E-state index contributed by atoms with van der Waals surface area (Å²) >= 11 is 0. The molecule has 3 atom stereocenters. The summed E-state index contributed by atoms with van der Waals surface area (Å²) in [5.74, 6) is -2.86. The second kappa shape index (κ2) is 10.6. The third kappa shape index (κ3) is 4.60. The highest BCUT2D eigenvalue weighted by Crippen LogP contribution is 2.66. The van der Waals surface area contributed by atoms with E-state index in [0.29, 0.717) is 32.1 Å². The SMILES string of the molecule is CCOC(=O)c1cn(-c2ccc(O[C@@H]3C[C@H]4CC[C@@]3(C)C4(C)C)c(F)c2)c2c(F)c(N3CCN(C)CC3)c(F)cc2c1=O. The lowest BCUT2D eigenvalue weighted by Crippen LogP contribution is -2.45. The molecule has 0 amide bonds. The summed E-state index contributed by atoms with van der Waals surface area (Å²) in [6, 6.07) is 5.19. The van der Waals surface area contributed by atoms with Crippen molar-refractivity contribution >= 4 is 22.6 Å². The number of benzene rings is 2. The van der Waals surface area contributed by atoms with Crippen molar-refractivity contribution in [3.63, 3.8) is 0 Å². The molecule has 2 bridgehead atoms. The highest BCUT2D eigenvalue weighted by molar-refractivity contribution is 5.95. The Labute approximate surface area is 249 Å². The van der Waals surface area contributed by atoms with Gasteiger partial charge in [0.2, 0.25) is 5.43 Å². The number of halogens is 3. The molecule has 7 nitrogen and oxygen atoms in total. The van der Waals surface area contributed by atoms with E-state index in [4.69, 9.17) is 9.47 Å². The summed E-state index contributed by atoms with van der Waals surface area (Å²) in [6.07, 6.45) is 4.00. The molecular weight excluding hydrogens is 559 g/mol. The molecule has 43 heavy (non-hydrogen) atoms. The predicted molar refractivity (Wildman–Crippen MR) is 159 cm³/mol. The van der Waals surface area contributed by atoms with Crippen LogP contribution in [0.15, 0.2) is 35.3 Å². The van der Waals surface area contributed by atoms with Crippen LogP contribution < -0.4 is 15.1 Å². The first-order valence-corrected chi connectivity index (χ1v) is 15.0. The summed E-state index contributed by atoms with van der Waals surface area (Å²) in [5, 5.41) is -0.337. The average molecular weight is 598 g/mol. The van der Waals surface area contributed by atoms with E-state index in [1.807, 2.05) is 7.05 Å². The first kappa shape index (κ1) is 29.5. The van der Waals surface area contributed by atoms with Crippen molar-refractivity contribution < 1.29 is 27.4 Å². The van der Waals surface area contributed by atoms with Gasteiger partial charge in [-0.25, -0.2) is 18.0 Å². The third-order valence-electron chi connectivity index (χ3n) is 10.6. The number of pyridine rings is 1. The first-order valence-electron chi connectivity index (χ1n) is 15.0. The number of fused-ring (bicyclic) bond motifs is 3. The van der Waals surface area contributed by atoms with Crippen LogP contribution in [0.5, 0.6) is 5.75 Å². The molecule has 6 rings (SSSR count). The predicted octanol–water partition coefficient (Wildman–Crippen LogP) is 5.93. The van der Waals surface area contributed by atoms with Crippen molar-refractivity contribution in [1.82, 2.24) is 9.47 Å². The average Bonchev–Trinajstić information content (AvgIpc) is 3.29.